The van der Waals surface area contributed by atoms with Crippen molar-refractivity contribution < 1.29 is 39.5 Å². The smallest absolute Gasteiger partial charge is 0.340 e. The summed E-state index contributed by atoms with van der Waals surface area (Å²) < 4.78 is 9.91. The van der Waals surface area contributed by atoms with Gasteiger partial charge in [-0.3, -0.25) is 0 Å². The van der Waals surface area contributed by atoms with Gasteiger partial charge in [-0.25, -0.2) is 9.59 Å². The molecule has 4 atom stereocenters. The molecule has 8 nitrogen and oxygen atoms in total. The van der Waals surface area contributed by atoms with Crippen molar-refractivity contribution in [2.75, 3.05) is 0 Å². The van der Waals surface area contributed by atoms with E-state index in [0.717, 1.165) is 0 Å². The summed E-state index contributed by atoms with van der Waals surface area (Å²) in [7, 11) is 0. The SMILES string of the molecule is CCC(O)(OC(=O)c1cccc(C(=O)OC(O)(CC)C(C)O)c1)C(C)O. The van der Waals surface area contributed by atoms with Crippen LogP contribution in [0, 0.1) is 0 Å². The van der Waals surface area contributed by atoms with Gasteiger partial charge in [0.25, 0.3) is 0 Å². The van der Waals surface area contributed by atoms with E-state index in [1.165, 1.54) is 52.0 Å². The zero-order valence-electron chi connectivity index (χ0n) is 15.3. The van der Waals surface area contributed by atoms with Gasteiger partial charge in [-0.05, 0) is 32.0 Å². The van der Waals surface area contributed by atoms with Gasteiger partial charge >= 0.3 is 11.9 Å². The van der Waals surface area contributed by atoms with E-state index in [1.54, 1.807) is 0 Å². The van der Waals surface area contributed by atoms with Gasteiger partial charge < -0.3 is 29.9 Å². The van der Waals surface area contributed by atoms with E-state index >= 15 is 0 Å². The van der Waals surface area contributed by atoms with Crippen LogP contribution in [0.2, 0.25) is 0 Å². The fraction of sp³-hybridized carbons (Fsp3) is 0.556. The maximum atomic E-state index is 12.2. The summed E-state index contributed by atoms with van der Waals surface area (Å²) in [5.41, 5.74) is -0.104. The fourth-order valence-corrected chi connectivity index (χ4v) is 2.12. The number of aliphatic hydroxyl groups is 4. The second kappa shape index (κ2) is 8.59. The number of aliphatic hydroxyl groups excluding tert-OH is 2. The Hall–Kier alpha value is -2.00. The van der Waals surface area contributed by atoms with E-state index < -0.39 is 35.7 Å². The lowest BCUT2D eigenvalue weighted by Crippen LogP contribution is -2.44. The van der Waals surface area contributed by atoms with Crippen LogP contribution in [0.1, 0.15) is 61.3 Å². The first kappa shape index (κ1) is 22.0. The molecule has 0 aliphatic heterocycles. The minimum absolute atomic E-state index is 0.0317. The normalized spacial score (nSPS) is 18.2. The lowest BCUT2D eigenvalue weighted by molar-refractivity contribution is -0.220. The fourth-order valence-electron chi connectivity index (χ4n) is 2.12. The molecule has 0 aliphatic rings. The van der Waals surface area contributed by atoms with Crippen LogP contribution in [-0.2, 0) is 9.47 Å². The van der Waals surface area contributed by atoms with E-state index in [-0.39, 0.29) is 24.0 Å². The molecule has 0 bridgehead atoms. The Morgan fingerprint density at radius 1 is 0.923 bits per heavy atom. The Bertz CT molecular complexity index is 591. The molecule has 0 saturated heterocycles. The van der Waals surface area contributed by atoms with Crippen molar-refractivity contribution in [3.8, 4) is 0 Å². The van der Waals surface area contributed by atoms with Crippen molar-refractivity contribution in [3.05, 3.63) is 35.4 Å². The molecule has 146 valence electrons. The average molecular weight is 370 g/mol. The third kappa shape index (κ3) is 5.01. The minimum Gasteiger partial charge on any atom is -0.427 e. The molecule has 0 aromatic heterocycles. The molecule has 1 aromatic carbocycles. The number of ether oxygens (including phenoxy) is 2. The predicted octanol–water partition coefficient (Wildman–Crippen LogP) is 0.959. The Balaban J connectivity index is 3.01. The summed E-state index contributed by atoms with van der Waals surface area (Å²) in [4.78, 5) is 24.4. The van der Waals surface area contributed by atoms with Gasteiger partial charge in [0.1, 0.15) is 12.2 Å². The molecule has 0 heterocycles. The summed E-state index contributed by atoms with van der Waals surface area (Å²) in [5.74, 6) is -5.98. The van der Waals surface area contributed by atoms with E-state index in [9.17, 15) is 30.0 Å². The molecule has 0 fully saturated rings. The number of rotatable bonds is 8. The summed E-state index contributed by atoms with van der Waals surface area (Å²) in [6.45, 7) is 5.64. The predicted molar refractivity (Wildman–Crippen MR) is 91.1 cm³/mol. The lowest BCUT2D eigenvalue weighted by atomic mass is 10.1. The summed E-state index contributed by atoms with van der Waals surface area (Å²) in [6.07, 6.45) is -2.68. The highest BCUT2D eigenvalue weighted by Gasteiger charge is 2.37. The molecular weight excluding hydrogens is 344 g/mol. The first-order chi connectivity index (χ1) is 12.0. The van der Waals surface area contributed by atoms with Crippen LogP contribution in [0.15, 0.2) is 24.3 Å². The Kier molecular flexibility index (Phi) is 7.28. The van der Waals surface area contributed by atoms with Crippen molar-refractivity contribution in [1.82, 2.24) is 0 Å². The number of esters is 2. The maximum absolute atomic E-state index is 12.2. The van der Waals surface area contributed by atoms with Crippen molar-refractivity contribution in [2.45, 2.75) is 64.3 Å². The second-order valence-electron chi connectivity index (χ2n) is 6.11. The van der Waals surface area contributed by atoms with E-state index in [0.29, 0.717) is 0 Å². The van der Waals surface area contributed by atoms with Crippen molar-refractivity contribution in [1.29, 1.82) is 0 Å². The van der Waals surface area contributed by atoms with Crippen LogP contribution in [0.5, 0.6) is 0 Å². The first-order valence-electron chi connectivity index (χ1n) is 8.36. The van der Waals surface area contributed by atoms with Gasteiger partial charge in [0.05, 0.1) is 11.1 Å². The number of hydrogen-bond donors (Lipinski definition) is 4. The quantitative estimate of drug-likeness (QED) is 0.393. The molecular formula is C18H26O8. The van der Waals surface area contributed by atoms with Crippen molar-refractivity contribution >= 4 is 11.9 Å². The largest absolute Gasteiger partial charge is 0.427 e. The topological polar surface area (TPSA) is 134 Å². The van der Waals surface area contributed by atoms with Crippen LogP contribution in [-0.4, -0.2) is 56.1 Å². The van der Waals surface area contributed by atoms with Crippen LogP contribution in [0.4, 0.5) is 0 Å². The summed E-state index contributed by atoms with van der Waals surface area (Å²) >= 11 is 0. The van der Waals surface area contributed by atoms with E-state index in [2.05, 4.69) is 0 Å². The molecule has 0 amide bonds. The third-order valence-electron chi connectivity index (χ3n) is 4.19. The van der Waals surface area contributed by atoms with Gasteiger partial charge in [-0.15, -0.1) is 0 Å². The standard InChI is InChI=1S/C18H26O8/c1-5-17(23,11(3)19)25-15(21)13-8-7-9-14(10-13)16(22)26-18(24,6-2)12(4)20/h7-12,19-20,23-24H,5-6H2,1-4H3. The first-order valence-corrected chi connectivity index (χ1v) is 8.36. The number of carbonyl (C=O) groups is 2. The molecule has 1 rings (SSSR count). The monoisotopic (exact) mass is 370 g/mol. The van der Waals surface area contributed by atoms with Crippen LogP contribution < -0.4 is 0 Å². The van der Waals surface area contributed by atoms with Gasteiger partial charge in [0, 0.05) is 12.8 Å². The molecule has 0 aliphatic carbocycles. The number of hydrogen-bond acceptors (Lipinski definition) is 8. The molecule has 0 spiro atoms. The van der Waals surface area contributed by atoms with Crippen molar-refractivity contribution in [2.24, 2.45) is 0 Å². The van der Waals surface area contributed by atoms with E-state index in [4.69, 9.17) is 9.47 Å². The average Bonchev–Trinajstić information content (AvgIpc) is 2.61. The summed E-state index contributed by atoms with van der Waals surface area (Å²) in [6, 6.07) is 5.28. The third-order valence-corrected chi connectivity index (χ3v) is 4.19. The molecule has 8 heteroatoms. The highest BCUT2D eigenvalue weighted by atomic mass is 16.7. The maximum Gasteiger partial charge on any atom is 0.340 e. The zero-order valence-corrected chi connectivity index (χ0v) is 15.3. The lowest BCUT2D eigenvalue weighted by Gasteiger charge is -2.29. The highest BCUT2D eigenvalue weighted by molar-refractivity contribution is 5.95. The molecule has 4 N–H and O–H groups in total. The number of carbonyl (C=O) groups excluding carboxylic acids is 2. The van der Waals surface area contributed by atoms with Crippen LogP contribution in [0.3, 0.4) is 0 Å². The molecule has 4 unspecified atom stereocenters. The van der Waals surface area contributed by atoms with Crippen LogP contribution >= 0.6 is 0 Å². The Morgan fingerprint density at radius 3 is 1.54 bits per heavy atom. The molecule has 26 heavy (non-hydrogen) atoms. The highest BCUT2D eigenvalue weighted by Crippen LogP contribution is 2.22. The summed E-state index contributed by atoms with van der Waals surface area (Å²) in [5, 5.41) is 39.3. The van der Waals surface area contributed by atoms with Crippen LogP contribution in [0.25, 0.3) is 0 Å². The van der Waals surface area contributed by atoms with E-state index in [1.807, 2.05) is 0 Å². The molecule has 0 radical (unpaired) electrons. The van der Waals surface area contributed by atoms with Gasteiger partial charge in [-0.1, -0.05) is 19.9 Å². The Morgan fingerprint density at radius 2 is 1.27 bits per heavy atom. The van der Waals surface area contributed by atoms with Gasteiger partial charge in [0.2, 0.25) is 11.6 Å². The second-order valence-corrected chi connectivity index (χ2v) is 6.11. The van der Waals surface area contributed by atoms with Crippen molar-refractivity contribution in [3.63, 3.8) is 0 Å². The zero-order chi connectivity index (χ0) is 20.1. The Labute approximate surface area is 152 Å². The minimum atomic E-state index is -2.05. The number of benzene rings is 1. The molecule has 0 saturated carbocycles. The molecule has 1 aromatic rings. The van der Waals surface area contributed by atoms with Gasteiger partial charge in [-0.2, -0.15) is 0 Å². The van der Waals surface area contributed by atoms with Gasteiger partial charge in [0.15, 0.2) is 0 Å².